The first-order chi connectivity index (χ1) is 10.7. The zero-order valence-electron chi connectivity index (χ0n) is 14.0. The Bertz CT molecular complexity index is 557. The standard InChI is InChI=1S/C16H24Cl2N2O2S/c1-10(12-8-13(17)23-14(12)18)19-11-6-5-7-20(9-11)15(21)22-16(2,3)4/h8,10-11,19H,5-7,9H2,1-4H3. The van der Waals surface area contributed by atoms with Gasteiger partial charge in [-0.15, -0.1) is 11.3 Å². The molecule has 0 bridgehead atoms. The highest BCUT2D eigenvalue weighted by Crippen LogP contribution is 2.35. The molecule has 1 aromatic rings. The summed E-state index contributed by atoms with van der Waals surface area (Å²) < 4.78 is 6.87. The number of amides is 1. The number of piperidine rings is 1. The largest absolute Gasteiger partial charge is 0.444 e. The SMILES string of the molecule is CC(NC1CCCN(C(=O)OC(C)(C)C)C1)c1cc(Cl)sc1Cl. The fourth-order valence-electron chi connectivity index (χ4n) is 2.70. The molecule has 2 heterocycles. The van der Waals surface area contributed by atoms with Crippen molar-refractivity contribution < 1.29 is 9.53 Å². The van der Waals surface area contributed by atoms with E-state index in [0.29, 0.717) is 10.9 Å². The van der Waals surface area contributed by atoms with Crippen molar-refractivity contribution in [3.63, 3.8) is 0 Å². The number of hydrogen-bond acceptors (Lipinski definition) is 4. The Kier molecular flexibility index (Phi) is 6.22. The number of carbonyl (C=O) groups is 1. The monoisotopic (exact) mass is 378 g/mol. The second-order valence-corrected chi connectivity index (χ2v) is 9.22. The molecule has 0 saturated carbocycles. The average molecular weight is 379 g/mol. The molecular formula is C16H24Cl2N2O2S. The number of nitrogens with one attached hydrogen (secondary N) is 1. The van der Waals surface area contributed by atoms with Gasteiger partial charge in [-0.3, -0.25) is 0 Å². The molecule has 0 spiro atoms. The van der Waals surface area contributed by atoms with Gasteiger partial charge in [0.25, 0.3) is 0 Å². The highest BCUT2D eigenvalue weighted by molar-refractivity contribution is 7.20. The molecule has 23 heavy (non-hydrogen) atoms. The van der Waals surface area contributed by atoms with Gasteiger partial charge >= 0.3 is 6.09 Å². The molecule has 1 aliphatic heterocycles. The first-order valence-corrected chi connectivity index (χ1v) is 9.41. The van der Waals surface area contributed by atoms with Crippen LogP contribution in [-0.4, -0.2) is 35.7 Å². The molecule has 1 saturated heterocycles. The minimum atomic E-state index is -0.467. The van der Waals surface area contributed by atoms with Crippen LogP contribution in [0.2, 0.25) is 8.67 Å². The summed E-state index contributed by atoms with van der Waals surface area (Å²) in [6.07, 6.45) is 1.74. The molecule has 1 N–H and O–H groups in total. The predicted octanol–water partition coefficient (Wildman–Crippen LogP) is 5.11. The van der Waals surface area contributed by atoms with Gasteiger partial charge in [-0.1, -0.05) is 23.2 Å². The molecule has 1 aromatic heterocycles. The molecule has 1 fully saturated rings. The summed E-state index contributed by atoms with van der Waals surface area (Å²) in [6.45, 7) is 9.11. The summed E-state index contributed by atoms with van der Waals surface area (Å²) in [7, 11) is 0. The molecule has 130 valence electrons. The number of rotatable bonds is 3. The number of hydrogen-bond donors (Lipinski definition) is 1. The van der Waals surface area contributed by atoms with E-state index in [0.717, 1.165) is 29.3 Å². The third kappa shape index (κ3) is 5.52. The van der Waals surface area contributed by atoms with Crippen molar-refractivity contribution in [2.75, 3.05) is 13.1 Å². The lowest BCUT2D eigenvalue weighted by Crippen LogP contribution is -2.49. The van der Waals surface area contributed by atoms with Gasteiger partial charge in [0.15, 0.2) is 0 Å². The van der Waals surface area contributed by atoms with Crippen LogP contribution in [0.25, 0.3) is 0 Å². The van der Waals surface area contributed by atoms with Crippen LogP contribution >= 0.6 is 34.5 Å². The maximum atomic E-state index is 12.2. The van der Waals surface area contributed by atoms with Crippen molar-refractivity contribution in [3.8, 4) is 0 Å². The maximum Gasteiger partial charge on any atom is 0.410 e. The number of thiophene rings is 1. The van der Waals surface area contributed by atoms with Gasteiger partial charge in [0, 0.05) is 25.2 Å². The van der Waals surface area contributed by atoms with Gasteiger partial charge in [0.05, 0.1) is 8.67 Å². The molecule has 0 aromatic carbocycles. The molecule has 7 heteroatoms. The van der Waals surface area contributed by atoms with E-state index in [9.17, 15) is 4.79 Å². The Balaban J connectivity index is 1.93. The Labute approximate surface area is 152 Å². The van der Waals surface area contributed by atoms with Crippen LogP contribution in [0.15, 0.2) is 6.07 Å². The van der Waals surface area contributed by atoms with Crippen molar-refractivity contribution in [2.24, 2.45) is 0 Å². The van der Waals surface area contributed by atoms with E-state index < -0.39 is 5.60 Å². The van der Waals surface area contributed by atoms with Gasteiger partial charge in [0.1, 0.15) is 5.60 Å². The fourth-order valence-corrected chi connectivity index (χ4v) is 4.34. The molecule has 1 aliphatic rings. The molecule has 0 aliphatic carbocycles. The average Bonchev–Trinajstić information content (AvgIpc) is 2.76. The fraction of sp³-hybridized carbons (Fsp3) is 0.688. The second kappa shape index (κ2) is 7.60. The molecule has 2 atom stereocenters. The summed E-state index contributed by atoms with van der Waals surface area (Å²) in [5, 5.41) is 3.55. The van der Waals surface area contributed by atoms with Crippen molar-refractivity contribution in [2.45, 2.75) is 58.2 Å². The van der Waals surface area contributed by atoms with E-state index >= 15 is 0 Å². The quantitative estimate of drug-likeness (QED) is 0.794. The van der Waals surface area contributed by atoms with E-state index in [1.807, 2.05) is 26.8 Å². The lowest BCUT2D eigenvalue weighted by atomic mass is 10.0. The van der Waals surface area contributed by atoms with Crippen LogP contribution < -0.4 is 5.32 Å². The van der Waals surface area contributed by atoms with Gasteiger partial charge in [-0.25, -0.2) is 4.79 Å². The summed E-state index contributed by atoms with van der Waals surface area (Å²) in [6, 6.07) is 2.22. The van der Waals surface area contributed by atoms with E-state index in [1.54, 1.807) is 4.90 Å². The van der Waals surface area contributed by atoms with Crippen molar-refractivity contribution in [1.82, 2.24) is 10.2 Å². The Hall–Kier alpha value is -0.490. The lowest BCUT2D eigenvalue weighted by Gasteiger charge is -2.35. The van der Waals surface area contributed by atoms with Crippen molar-refractivity contribution >= 4 is 40.6 Å². The number of nitrogens with zero attached hydrogens (tertiary/aromatic N) is 1. The second-order valence-electron chi connectivity index (χ2n) is 6.93. The number of ether oxygens (including phenoxy) is 1. The number of likely N-dealkylation sites (tertiary alicyclic amines) is 1. The van der Waals surface area contributed by atoms with Crippen molar-refractivity contribution in [1.29, 1.82) is 0 Å². The van der Waals surface area contributed by atoms with E-state index in [-0.39, 0.29) is 18.2 Å². The zero-order valence-corrected chi connectivity index (χ0v) is 16.3. The Morgan fingerprint density at radius 1 is 1.48 bits per heavy atom. The van der Waals surface area contributed by atoms with Crippen LogP contribution in [0.4, 0.5) is 4.79 Å². The maximum absolute atomic E-state index is 12.2. The number of carbonyl (C=O) groups excluding carboxylic acids is 1. The summed E-state index contributed by atoms with van der Waals surface area (Å²) >= 11 is 13.6. The van der Waals surface area contributed by atoms with E-state index in [2.05, 4.69) is 12.2 Å². The highest BCUT2D eigenvalue weighted by atomic mass is 35.5. The molecule has 4 nitrogen and oxygen atoms in total. The van der Waals surface area contributed by atoms with Crippen LogP contribution in [0.5, 0.6) is 0 Å². The van der Waals surface area contributed by atoms with Gasteiger partial charge in [0.2, 0.25) is 0 Å². The summed E-state index contributed by atoms with van der Waals surface area (Å²) in [4.78, 5) is 14.0. The topological polar surface area (TPSA) is 41.6 Å². The van der Waals surface area contributed by atoms with Gasteiger partial charge in [-0.2, -0.15) is 0 Å². The first kappa shape index (κ1) is 18.8. The highest BCUT2D eigenvalue weighted by Gasteiger charge is 2.28. The molecular weight excluding hydrogens is 355 g/mol. The van der Waals surface area contributed by atoms with Crippen LogP contribution in [0.3, 0.4) is 0 Å². The third-order valence-electron chi connectivity index (χ3n) is 3.71. The normalized spacial score (nSPS) is 20.4. The molecule has 0 radical (unpaired) electrons. The lowest BCUT2D eigenvalue weighted by molar-refractivity contribution is 0.0184. The molecule has 1 amide bonds. The van der Waals surface area contributed by atoms with Crippen molar-refractivity contribution in [3.05, 3.63) is 20.3 Å². The summed E-state index contributed by atoms with van der Waals surface area (Å²) in [5.41, 5.74) is 0.544. The van der Waals surface area contributed by atoms with Crippen LogP contribution in [0, 0.1) is 0 Å². The van der Waals surface area contributed by atoms with Crippen LogP contribution in [-0.2, 0) is 4.74 Å². The minimum Gasteiger partial charge on any atom is -0.444 e. The van der Waals surface area contributed by atoms with Crippen LogP contribution in [0.1, 0.15) is 52.1 Å². The molecule has 2 unspecified atom stereocenters. The first-order valence-electron chi connectivity index (χ1n) is 7.84. The predicted molar refractivity (Wildman–Crippen MR) is 96.7 cm³/mol. The smallest absolute Gasteiger partial charge is 0.410 e. The minimum absolute atomic E-state index is 0.0924. The van der Waals surface area contributed by atoms with Gasteiger partial charge < -0.3 is 15.0 Å². The number of halogens is 2. The summed E-state index contributed by atoms with van der Waals surface area (Å²) in [5.74, 6) is 0. The Morgan fingerprint density at radius 3 is 2.74 bits per heavy atom. The zero-order chi connectivity index (χ0) is 17.2. The van der Waals surface area contributed by atoms with E-state index in [1.165, 1.54) is 11.3 Å². The molecule has 2 rings (SSSR count). The third-order valence-corrected chi connectivity index (χ3v) is 5.23. The van der Waals surface area contributed by atoms with Gasteiger partial charge in [-0.05, 0) is 52.2 Å². The Morgan fingerprint density at radius 2 is 2.17 bits per heavy atom. The van der Waals surface area contributed by atoms with E-state index in [4.69, 9.17) is 27.9 Å².